The Morgan fingerprint density at radius 3 is 2.38 bits per heavy atom. The van der Waals surface area contributed by atoms with Crippen LogP contribution in [0, 0.1) is 5.41 Å². The van der Waals surface area contributed by atoms with Crippen molar-refractivity contribution >= 4 is 11.8 Å². The SMILES string of the molecule is CCC(C)NC(=O)C(C)NC(=O)C1(COC)CCNCC1. The maximum absolute atomic E-state index is 12.6. The van der Waals surface area contributed by atoms with Crippen LogP contribution in [0.2, 0.25) is 0 Å². The van der Waals surface area contributed by atoms with Gasteiger partial charge in [0.05, 0.1) is 12.0 Å². The first-order chi connectivity index (χ1) is 9.95. The number of amides is 2. The van der Waals surface area contributed by atoms with E-state index in [0.29, 0.717) is 6.61 Å². The molecule has 1 aliphatic rings. The van der Waals surface area contributed by atoms with Gasteiger partial charge in [-0.2, -0.15) is 0 Å². The van der Waals surface area contributed by atoms with Gasteiger partial charge in [-0.05, 0) is 46.2 Å². The monoisotopic (exact) mass is 299 g/mol. The lowest BCUT2D eigenvalue weighted by molar-refractivity contribution is -0.139. The van der Waals surface area contributed by atoms with Crippen molar-refractivity contribution < 1.29 is 14.3 Å². The fourth-order valence-corrected chi connectivity index (χ4v) is 2.50. The summed E-state index contributed by atoms with van der Waals surface area (Å²) in [4.78, 5) is 24.6. The molecule has 0 aromatic heterocycles. The van der Waals surface area contributed by atoms with E-state index in [4.69, 9.17) is 4.74 Å². The average molecular weight is 299 g/mol. The predicted molar refractivity (Wildman–Crippen MR) is 81.9 cm³/mol. The van der Waals surface area contributed by atoms with E-state index in [0.717, 1.165) is 32.4 Å². The summed E-state index contributed by atoms with van der Waals surface area (Å²) in [6, 6.07) is -0.418. The van der Waals surface area contributed by atoms with Gasteiger partial charge in [-0.3, -0.25) is 9.59 Å². The van der Waals surface area contributed by atoms with Crippen LogP contribution in [0.4, 0.5) is 0 Å². The fourth-order valence-electron chi connectivity index (χ4n) is 2.50. The van der Waals surface area contributed by atoms with E-state index in [1.54, 1.807) is 14.0 Å². The molecule has 3 N–H and O–H groups in total. The van der Waals surface area contributed by atoms with Gasteiger partial charge in [0.2, 0.25) is 11.8 Å². The minimum atomic E-state index is -0.532. The van der Waals surface area contributed by atoms with Crippen LogP contribution < -0.4 is 16.0 Å². The summed E-state index contributed by atoms with van der Waals surface area (Å²) in [5, 5.41) is 8.98. The molecule has 1 fully saturated rings. The first kappa shape index (κ1) is 17.9. The number of carbonyl (C=O) groups excluding carboxylic acids is 2. The molecule has 1 heterocycles. The highest BCUT2D eigenvalue weighted by molar-refractivity contribution is 5.90. The molecule has 0 aromatic carbocycles. The first-order valence-corrected chi connectivity index (χ1v) is 7.76. The molecule has 0 spiro atoms. The maximum atomic E-state index is 12.6. The Kier molecular flexibility index (Phi) is 7.11. The highest BCUT2D eigenvalue weighted by Crippen LogP contribution is 2.29. The third-order valence-corrected chi connectivity index (χ3v) is 4.20. The van der Waals surface area contributed by atoms with Crippen molar-refractivity contribution in [1.29, 1.82) is 0 Å². The van der Waals surface area contributed by atoms with E-state index in [9.17, 15) is 9.59 Å². The summed E-state index contributed by atoms with van der Waals surface area (Å²) in [6.07, 6.45) is 2.32. The van der Waals surface area contributed by atoms with E-state index in [2.05, 4.69) is 16.0 Å². The lowest BCUT2D eigenvalue weighted by Gasteiger charge is -2.36. The van der Waals surface area contributed by atoms with E-state index in [-0.39, 0.29) is 17.9 Å². The van der Waals surface area contributed by atoms with Crippen molar-refractivity contribution in [2.24, 2.45) is 5.41 Å². The van der Waals surface area contributed by atoms with Gasteiger partial charge in [-0.15, -0.1) is 0 Å². The van der Waals surface area contributed by atoms with Gasteiger partial charge < -0.3 is 20.7 Å². The van der Waals surface area contributed by atoms with Crippen LogP contribution in [0.25, 0.3) is 0 Å². The molecule has 1 saturated heterocycles. The van der Waals surface area contributed by atoms with Crippen molar-refractivity contribution in [2.45, 2.75) is 52.1 Å². The summed E-state index contributed by atoms with van der Waals surface area (Å²) < 4.78 is 5.24. The number of nitrogens with one attached hydrogen (secondary N) is 3. The van der Waals surface area contributed by atoms with Crippen LogP contribution in [0.3, 0.4) is 0 Å². The maximum Gasteiger partial charge on any atom is 0.242 e. The Labute approximate surface area is 127 Å². The third-order valence-electron chi connectivity index (χ3n) is 4.20. The van der Waals surface area contributed by atoms with Crippen LogP contribution in [0.5, 0.6) is 0 Å². The molecular weight excluding hydrogens is 270 g/mol. The van der Waals surface area contributed by atoms with Crippen LogP contribution in [-0.2, 0) is 14.3 Å². The largest absolute Gasteiger partial charge is 0.384 e. The molecule has 0 saturated carbocycles. The lowest BCUT2D eigenvalue weighted by Crippen LogP contribution is -2.55. The molecule has 6 heteroatoms. The molecule has 0 aromatic rings. The predicted octanol–water partition coefficient (Wildman–Crippen LogP) is 0.422. The lowest BCUT2D eigenvalue weighted by atomic mass is 9.78. The fraction of sp³-hybridized carbons (Fsp3) is 0.867. The second-order valence-electron chi connectivity index (χ2n) is 5.98. The zero-order chi connectivity index (χ0) is 15.9. The van der Waals surface area contributed by atoms with Gasteiger partial charge in [0, 0.05) is 13.2 Å². The number of hydrogen-bond acceptors (Lipinski definition) is 4. The second kappa shape index (κ2) is 8.34. The molecule has 0 bridgehead atoms. The van der Waals surface area contributed by atoms with Crippen molar-refractivity contribution in [3.05, 3.63) is 0 Å². The number of rotatable bonds is 7. The van der Waals surface area contributed by atoms with E-state index >= 15 is 0 Å². The van der Waals surface area contributed by atoms with E-state index in [1.807, 2.05) is 13.8 Å². The first-order valence-electron chi connectivity index (χ1n) is 7.76. The quantitative estimate of drug-likeness (QED) is 0.637. The summed E-state index contributed by atoms with van der Waals surface area (Å²) >= 11 is 0. The molecule has 2 amide bonds. The van der Waals surface area contributed by atoms with Crippen molar-refractivity contribution in [3.8, 4) is 0 Å². The van der Waals surface area contributed by atoms with E-state index < -0.39 is 11.5 Å². The Morgan fingerprint density at radius 2 is 1.86 bits per heavy atom. The Bertz CT molecular complexity index is 349. The highest BCUT2D eigenvalue weighted by atomic mass is 16.5. The molecule has 21 heavy (non-hydrogen) atoms. The normalized spacial score (nSPS) is 20.4. The summed E-state index contributed by atoms with van der Waals surface area (Å²) in [7, 11) is 1.61. The summed E-state index contributed by atoms with van der Waals surface area (Å²) in [5.74, 6) is -0.225. The molecule has 6 nitrogen and oxygen atoms in total. The number of carbonyl (C=O) groups is 2. The molecule has 0 radical (unpaired) electrons. The molecule has 2 atom stereocenters. The van der Waals surface area contributed by atoms with Gasteiger partial charge >= 0.3 is 0 Å². The minimum Gasteiger partial charge on any atom is -0.384 e. The van der Waals surface area contributed by atoms with Gasteiger partial charge in [0.1, 0.15) is 6.04 Å². The smallest absolute Gasteiger partial charge is 0.242 e. The van der Waals surface area contributed by atoms with Crippen LogP contribution in [-0.4, -0.2) is 50.7 Å². The number of ether oxygens (including phenoxy) is 1. The van der Waals surface area contributed by atoms with Crippen molar-refractivity contribution in [2.75, 3.05) is 26.8 Å². The van der Waals surface area contributed by atoms with Crippen LogP contribution in [0.1, 0.15) is 40.0 Å². The molecule has 122 valence electrons. The van der Waals surface area contributed by atoms with Gasteiger partial charge in [-0.1, -0.05) is 6.92 Å². The summed E-state index contributed by atoms with van der Waals surface area (Å²) in [5.41, 5.74) is -0.523. The van der Waals surface area contributed by atoms with Gasteiger partial charge in [-0.25, -0.2) is 0 Å². The zero-order valence-corrected chi connectivity index (χ0v) is 13.6. The number of hydrogen-bond donors (Lipinski definition) is 3. The van der Waals surface area contributed by atoms with Crippen LogP contribution >= 0.6 is 0 Å². The number of piperidine rings is 1. The molecular formula is C15H29N3O3. The van der Waals surface area contributed by atoms with Crippen LogP contribution in [0.15, 0.2) is 0 Å². The molecule has 0 aliphatic carbocycles. The Balaban J connectivity index is 2.62. The van der Waals surface area contributed by atoms with Gasteiger partial charge in [0.25, 0.3) is 0 Å². The number of methoxy groups -OCH3 is 1. The minimum absolute atomic E-state index is 0.0855. The van der Waals surface area contributed by atoms with Crippen molar-refractivity contribution in [1.82, 2.24) is 16.0 Å². The van der Waals surface area contributed by atoms with Gasteiger partial charge in [0.15, 0.2) is 0 Å². The third kappa shape index (κ3) is 4.97. The topological polar surface area (TPSA) is 79.5 Å². The molecule has 1 aliphatic heterocycles. The standard InChI is InChI=1S/C15H29N3O3/c1-5-11(2)17-13(19)12(3)18-14(20)15(10-21-4)6-8-16-9-7-15/h11-12,16H,5-10H2,1-4H3,(H,17,19)(H,18,20). The average Bonchev–Trinajstić information content (AvgIpc) is 2.48. The second-order valence-corrected chi connectivity index (χ2v) is 5.98. The summed E-state index contributed by atoms with van der Waals surface area (Å²) in [6.45, 7) is 7.66. The Hall–Kier alpha value is -1.14. The Morgan fingerprint density at radius 1 is 1.24 bits per heavy atom. The molecule has 2 unspecified atom stereocenters. The highest BCUT2D eigenvalue weighted by Gasteiger charge is 2.40. The molecule has 1 rings (SSSR count). The van der Waals surface area contributed by atoms with E-state index in [1.165, 1.54) is 0 Å². The van der Waals surface area contributed by atoms with Crippen molar-refractivity contribution in [3.63, 3.8) is 0 Å². The zero-order valence-electron chi connectivity index (χ0n) is 13.6.